The predicted molar refractivity (Wildman–Crippen MR) is 78.5 cm³/mol. The maximum atomic E-state index is 11.6. The van der Waals surface area contributed by atoms with Gasteiger partial charge in [0.05, 0.1) is 25.8 Å². The van der Waals surface area contributed by atoms with E-state index in [0.717, 1.165) is 6.42 Å². The molecular weight excluding hydrogens is 272 g/mol. The van der Waals surface area contributed by atoms with Gasteiger partial charge in [0, 0.05) is 6.42 Å². The number of amides is 2. The normalized spacial score (nSPS) is 10.4. The van der Waals surface area contributed by atoms with E-state index in [1.54, 1.807) is 0 Å². The maximum absolute atomic E-state index is 11.6. The average Bonchev–Trinajstić information content (AvgIpc) is 2.51. The fourth-order valence-corrected chi connectivity index (χ4v) is 1.79. The number of aliphatic hydroxyl groups excluding tert-OH is 2. The summed E-state index contributed by atoms with van der Waals surface area (Å²) in [5.74, 6) is -0.620. The Morgan fingerprint density at radius 2 is 1.71 bits per heavy atom. The Bertz CT molecular complexity index is 433. The summed E-state index contributed by atoms with van der Waals surface area (Å²) < 4.78 is 0. The summed E-state index contributed by atoms with van der Waals surface area (Å²) in [6.07, 6.45) is 1.89. The first-order valence-corrected chi connectivity index (χ1v) is 6.97. The van der Waals surface area contributed by atoms with Crippen LogP contribution in [0.3, 0.4) is 0 Å². The Morgan fingerprint density at radius 1 is 1.05 bits per heavy atom. The van der Waals surface area contributed by atoms with Crippen LogP contribution in [0.1, 0.15) is 18.4 Å². The molecule has 0 heterocycles. The lowest BCUT2D eigenvalue weighted by Gasteiger charge is -2.13. The van der Waals surface area contributed by atoms with Crippen LogP contribution in [0.2, 0.25) is 0 Å². The van der Waals surface area contributed by atoms with Crippen molar-refractivity contribution in [3.8, 4) is 0 Å². The van der Waals surface area contributed by atoms with E-state index in [0.29, 0.717) is 12.8 Å². The zero-order valence-corrected chi connectivity index (χ0v) is 11.9. The molecule has 1 aromatic rings. The van der Waals surface area contributed by atoms with Crippen LogP contribution >= 0.6 is 0 Å². The molecule has 0 saturated carbocycles. The molecule has 0 spiro atoms. The summed E-state index contributed by atoms with van der Waals surface area (Å²) in [4.78, 5) is 23.0. The number of aliphatic hydroxyl groups is 2. The van der Waals surface area contributed by atoms with Crippen molar-refractivity contribution < 1.29 is 19.8 Å². The highest BCUT2D eigenvalue weighted by molar-refractivity contribution is 5.84. The summed E-state index contributed by atoms with van der Waals surface area (Å²) in [7, 11) is 0. The summed E-state index contributed by atoms with van der Waals surface area (Å²) >= 11 is 0. The van der Waals surface area contributed by atoms with Crippen molar-refractivity contribution >= 4 is 11.8 Å². The van der Waals surface area contributed by atoms with E-state index in [-0.39, 0.29) is 25.7 Å². The van der Waals surface area contributed by atoms with E-state index >= 15 is 0 Å². The van der Waals surface area contributed by atoms with Crippen molar-refractivity contribution in [1.82, 2.24) is 10.6 Å². The third-order valence-electron chi connectivity index (χ3n) is 2.96. The lowest BCUT2D eigenvalue weighted by molar-refractivity contribution is -0.126. The topological polar surface area (TPSA) is 98.7 Å². The van der Waals surface area contributed by atoms with Crippen LogP contribution in [0, 0.1) is 0 Å². The Kier molecular flexibility index (Phi) is 8.08. The van der Waals surface area contributed by atoms with Crippen LogP contribution in [0.4, 0.5) is 0 Å². The second-order valence-electron chi connectivity index (χ2n) is 4.75. The largest absolute Gasteiger partial charge is 0.394 e. The second kappa shape index (κ2) is 9.90. The van der Waals surface area contributed by atoms with Gasteiger partial charge in [0.15, 0.2) is 0 Å². The SMILES string of the molecule is O=C(CCCc1ccccc1)NCC(=O)NC(CO)CO. The van der Waals surface area contributed by atoms with Gasteiger partial charge in [0.25, 0.3) is 0 Å². The number of benzene rings is 1. The maximum Gasteiger partial charge on any atom is 0.239 e. The zero-order valence-electron chi connectivity index (χ0n) is 11.9. The van der Waals surface area contributed by atoms with Gasteiger partial charge in [-0.15, -0.1) is 0 Å². The minimum Gasteiger partial charge on any atom is -0.394 e. The zero-order chi connectivity index (χ0) is 15.5. The first kappa shape index (κ1) is 17.1. The number of hydrogen-bond donors (Lipinski definition) is 4. The molecule has 0 radical (unpaired) electrons. The van der Waals surface area contributed by atoms with Crippen molar-refractivity contribution in [2.75, 3.05) is 19.8 Å². The van der Waals surface area contributed by atoms with Crippen LogP contribution in [-0.2, 0) is 16.0 Å². The highest BCUT2D eigenvalue weighted by Crippen LogP contribution is 2.04. The first-order chi connectivity index (χ1) is 10.2. The first-order valence-electron chi connectivity index (χ1n) is 6.97. The van der Waals surface area contributed by atoms with Gasteiger partial charge in [0.2, 0.25) is 11.8 Å². The highest BCUT2D eigenvalue weighted by atomic mass is 16.3. The van der Waals surface area contributed by atoms with Gasteiger partial charge in [-0.1, -0.05) is 30.3 Å². The number of carbonyl (C=O) groups is 2. The van der Waals surface area contributed by atoms with E-state index in [1.807, 2.05) is 30.3 Å². The van der Waals surface area contributed by atoms with Gasteiger partial charge in [-0.3, -0.25) is 9.59 Å². The molecule has 0 aromatic heterocycles. The third-order valence-corrected chi connectivity index (χ3v) is 2.96. The highest BCUT2D eigenvalue weighted by Gasteiger charge is 2.10. The van der Waals surface area contributed by atoms with Crippen molar-refractivity contribution in [3.05, 3.63) is 35.9 Å². The molecule has 21 heavy (non-hydrogen) atoms. The van der Waals surface area contributed by atoms with Crippen LogP contribution < -0.4 is 10.6 Å². The molecule has 0 aliphatic carbocycles. The predicted octanol–water partition coefficient (Wildman–Crippen LogP) is -0.405. The quantitative estimate of drug-likeness (QED) is 0.498. The molecule has 1 aromatic carbocycles. The lowest BCUT2D eigenvalue weighted by atomic mass is 10.1. The molecule has 1 rings (SSSR count). The number of rotatable bonds is 9. The number of nitrogens with one attached hydrogen (secondary N) is 2. The average molecular weight is 294 g/mol. The fraction of sp³-hybridized carbons (Fsp3) is 0.467. The van der Waals surface area contributed by atoms with E-state index < -0.39 is 11.9 Å². The van der Waals surface area contributed by atoms with Gasteiger partial charge in [-0.25, -0.2) is 0 Å². The van der Waals surface area contributed by atoms with Crippen molar-refractivity contribution in [2.45, 2.75) is 25.3 Å². The number of aryl methyl sites for hydroxylation is 1. The molecule has 0 saturated heterocycles. The molecule has 0 bridgehead atoms. The van der Waals surface area contributed by atoms with Gasteiger partial charge in [0.1, 0.15) is 0 Å². The molecule has 0 atom stereocenters. The van der Waals surface area contributed by atoms with Crippen LogP contribution in [0.15, 0.2) is 30.3 Å². The summed E-state index contributed by atoms with van der Waals surface area (Å²) in [5, 5.41) is 22.5. The van der Waals surface area contributed by atoms with Crippen molar-refractivity contribution in [3.63, 3.8) is 0 Å². The van der Waals surface area contributed by atoms with Crippen molar-refractivity contribution in [1.29, 1.82) is 0 Å². The Hall–Kier alpha value is -1.92. The van der Waals surface area contributed by atoms with Gasteiger partial charge in [-0.05, 0) is 18.4 Å². The van der Waals surface area contributed by atoms with Gasteiger partial charge < -0.3 is 20.8 Å². The summed E-state index contributed by atoms with van der Waals surface area (Å²) in [6, 6.07) is 9.19. The standard InChI is InChI=1S/C15H22N2O4/c18-10-13(11-19)17-15(21)9-16-14(20)8-4-7-12-5-2-1-3-6-12/h1-3,5-6,13,18-19H,4,7-11H2,(H,16,20)(H,17,21). The van der Waals surface area contributed by atoms with Crippen LogP contribution in [0.25, 0.3) is 0 Å². The molecule has 0 aliphatic heterocycles. The minimum atomic E-state index is -0.688. The molecule has 6 nitrogen and oxygen atoms in total. The molecule has 0 aliphatic rings. The fourth-order valence-electron chi connectivity index (χ4n) is 1.79. The van der Waals surface area contributed by atoms with Gasteiger partial charge >= 0.3 is 0 Å². The Labute approximate surface area is 124 Å². The molecule has 2 amide bonds. The summed E-state index contributed by atoms with van der Waals surface area (Å²) in [6.45, 7) is -0.832. The Morgan fingerprint density at radius 3 is 2.33 bits per heavy atom. The van der Waals surface area contributed by atoms with E-state index in [9.17, 15) is 9.59 Å². The van der Waals surface area contributed by atoms with E-state index in [4.69, 9.17) is 10.2 Å². The minimum absolute atomic E-state index is 0.152. The van der Waals surface area contributed by atoms with Crippen LogP contribution in [0.5, 0.6) is 0 Å². The Balaban J connectivity index is 2.15. The number of carbonyl (C=O) groups excluding carboxylic acids is 2. The molecule has 6 heteroatoms. The molecule has 116 valence electrons. The lowest BCUT2D eigenvalue weighted by Crippen LogP contribution is -2.45. The van der Waals surface area contributed by atoms with E-state index in [1.165, 1.54) is 5.56 Å². The van der Waals surface area contributed by atoms with Crippen LogP contribution in [-0.4, -0.2) is 47.8 Å². The molecule has 0 unspecified atom stereocenters. The molecular formula is C15H22N2O4. The monoisotopic (exact) mass is 294 g/mol. The van der Waals surface area contributed by atoms with Gasteiger partial charge in [-0.2, -0.15) is 0 Å². The van der Waals surface area contributed by atoms with Crippen molar-refractivity contribution in [2.24, 2.45) is 0 Å². The second-order valence-corrected chi connectivity index (χ2v) is 4.75. The van der Waals surface area contributed by atoms with E-state index in [2.05, 4.69) is 10.6 Å². The molecule has 4 N–H and O–H groups in total. The summed E-state index contributed by atoms with van der Waals surface area (Å²) in [5.41, 5.74) is 1.18. The molecule has 0 fully saturated rings. The third kappa shape index (κ3) is 7.43. The smallest absolute Gasteiger partial charge is 0.239 e. The number of hydrogen-bond acceptors (Lipinski definition) is 4.